The lowest BCUT2D eigenvalue weighted by molar-refractivity contribution is 1.17. The second kappa shape index (κ2) is 9.86. The molecule has 0 aliphatic carbocycles. The van der Waals surface area contributed by atoms with Gasteiger partial charge in [0.25, 0.3) is 0 Å². The van der Waals surface area contributed by atoms with Crippen LogP contribution in [0.25, 0.3) is 77.2 Å². The molecule has 44 heavy (non-hydrogen) atoms. The number of para-hydroxylation sites is 3. The summed E-state index contributed by atoms with van der Waals surface area (Å²) in [6.45, 7) is 0. The van der Waals surface area contributed by atoms with Crippen LogP contribution >= 0.6 is 0 Å². The Morgan fingerprint density at radius 1 is 0.386 bits per heavy atom. The Labute approximate surface area is 275 Å². The normalized spacial score (nSPS) is 16.1. The molecule has 0 fully saturated rings. The molecule has 0 aliphatic rings. The zero-order valence-electron chi connectivity index (χ0n) is 37.0. The summed E-state index contributed by atoms with van der Waals surface area (Å²) in [7, 11) is 0. The molecule has 0 atom stereocenters. The van der Waals surface area contributed by atoms with E-state index in [2.05, 4.69) is 0 Å². The molecule has 206 valence electrons. The summed E-state index contributed by atoms with van der Waals surface area (Å²) in [5.41, 5.74) is 1.34. The fraction of sp³-hybridized carbons (Fsp3) is 0. The molecule has 2 nitrogen and oxygen atoms in total. The summed E-state index contributed by atoms with van der Waals surface area (Å²) in [4.78, 5) is 0. The van der Waals surface area contributed by atoms with Gasteiger partial charge in [-0.15, -0.1) is 0 Å². The van der Waals surface area contributed by atoms with Gasteiger partial charge < -0.3 is 9.13 Å². The molecule has 0 amide bonds. The van der Waals surface area contributed by atoms with E-state index in [0.29, 0.717) is 16.8 Å². The average molecular weight is 575 g/mol. The van der Waals surface area contributed by atoms with Crippen molar-refractivity contribution in [2.45, 2.75) is 0 Å². The minimum absolute atomic E-state index is 0.00967. The lowest BCUT2D eigenvalue weighted by Gasteiger charge is -2.13. The average Bonchev–Trinajstić information content (AvgIpc) is 3.78. The molecule has 0 spiro atoms. The largest absolute Gasteiger partial charge is 0.309 e. The topological polar surface area (TPSA) is 9.86 Å². The van der Waals surface area contributed by atoms with Crippen LogP contribution in [0, 0.1) is 0 Å². The van der Waals surface area contributed by atoms with Crippen molar-refractivity contribution in [2.75, 3.05) is 0 Å². The highest BCUT2D eigenvalue weighted by atomic mass is 15.0. The maximum Gasteiger partial charge on any atom is 0.0652 e. The number of benzene rings is 7. The van der Waals surface area contributed by atoms with Crippen molar-refractivity contribution >= 4 is 43.6 Å². The van der Waals surface area contributed by atoms with Crippen molar-refractivity contribution in [3.63, 3.8) is 0 Å². The standard InChI is InChI=1S/C42H28N2/c1-3-14-29(15-4-1)32-18-7-8-19-33(32)35-22-13-25-41-42(35)36-21-10-12-24-39(36)44(41)31-26-27-40-37(28-31)34-20-9-11-23-38(34)43(40)30-16-5-2-6-17-30/h1-28H/i9D,10D,11D,12D,13D,20D,21D,22D,23D,24D,25D,26D,27D,28D. The summed E-state index contributed by atoms with van der Waals surface area (Å²) in [6, 6.07) is 17.2. The molecule has 0 aliphatic heterocycles. The second-order valence-corrected chi connectivity index (χ2v) is 10.3. The lowest BCUT2D eigenvalue weighted by Crippen LogP contribution is -1.95. The zero-order valence-corrected chi connectivity index (χ0v) is 23.0. The summed E-state index contributed by atoms with van der Waals surface area (Å²) >= 11 is 0. The zero-order chi connectivity index (χ0) is 41.2. The van der Waals surface area contributed by atoms with E-state index in [1.807, 2.05) is 36.4 Å². The lowest BCUT2D eigenvalue weighted by atomic mass is 9.92. The van der Waals surface area contributed by atoms with Gasteiger partial charge in [0.15, 0.2) is 0 Å². The van der Waals surface area contributed by atoms with Crippen LogP contribution in [0.4, 0.5) is 0 Å². The SMILES string of the molecule is [2H]c1c([2H])c([2H])c2c(c1[2H])c1c([2H])c(-n3c4c([2H])c([2H])c([2H])c([2H])c4c4c(-c5ccccc5-c5ccccc5)c([2H])c([2H])c([2H])c43)c([2H])c([2H])c1n2-c1ccccc1. The fourth-order valence-corrected chi connectivity index (χ4v) is 6.02. The Kier molecular flexibility index (Phi) is 3.26. The minimum Gasteiger partial charge on any atom is -0.309 e. The molecular formula is C42H28N2. The number of aromatic nitrogens is 2. The fourth-order valence-electron chi connectivity index (χ4n) is 6.02. The van der Waals surface area contributed by atoms with Crippen molar-refractivity contribution in [3.8, 4) is 33.6 Å². The van der Waals surface area contributed by atoms with Gasteiger partial charge in [0, 0.05) is 32.9 Å². The second-order valence-electron chi connectivity index (χ2n) is 10.3. The number of nitrogens with zero attached hydrogens (tertiary/aromatic N) is 2. The Hall–Kier alpha value is -5.86. The van der Waals surface area contributed by atoms with Gasteiger partial charge in [-0.3, -0.25) is 0 Å². The van der Waals surface area contributed by atoms with Gasteiger partial charge in [0.05, 0.1) is 41.3 Å². The summed E-state index contributed by atoms with van der Waals surface area (Å²) in [5, 5.41) is -0.345. The highest BCUT2D eigenvalue weighted by molar-refractivity contribution is 6.17. The van der Waals surface area contributed by atoms with E-state index >= 15 is 0 Å². The van der Waals surface area contributed by atoms with E-state index in [0.717, 1.165) is 10.1 Å². The first-order chi connectivity index (χ1) is 27.7. The molecule has 0 saturated carbocycles. The van der Waals surface area contributed by atoms with Crippen molar-refractivity contribution in [1.29, 1.82) is 0 Å². The van der Waals surface area contributed by atoms with Crippen molar-refractivity contribution in [2.24, 2.45) is 0 Å². The molecular weight excluding hydrogens is 532 g/mol. The third kappa shape index (κ3) is 3.68. The first kappa shape index (κ1) is 14.5. The van der Waals surface area contributed by atoms with E-state index in [-0.39, 0.29) is 55.2 Å². The maximum absolute atomic E-state index is 9.88. The van der Waals surface area contributed by atoms with E-state index in [9.17, 15) is 9.60 Å². The van der Waals surface area contributed by atoms with Crippen LogP contribution < -0.4 is 0 Å². The van der Waals surface area contributed by atoms with Crippen molar-refractivity contribution in [3.05, 3.63) is 170 Å². The predicted molar refractivity (Wildman–Crippen MR) is 186 cm³/mol. The molecule has 2 heteroatoms. The molecule has 7 aromatic carbocycles. The molecule has 2 aromatic heterocycles. The molecule has 2 heterocycles. The Morgan fingerprint density at radius 2 is 0.977 bits per heavy atom. The molecule has 0 N–H and O–H groups in total. The van der Waals surface area contributed by atoms with Crippen LogP contribution in [0.2, 0.25) is 0 Å². The van der Waals surface area contributed by atoms with E-state index < -0.39 is 84.2 Å². The molecule has 9 aromatic rings. The van der Waals surface area contributed by atoms with Crippen LogP contribution in [0.5, 0.6) is 0 Å². The van der Waals surface area contributed by atoms with Gasteiger partial charge in [0.2, 0.25) is 0 Å². The van der Waals surface area contributed by atoms with Gasteiger partial charge in [-0.2, -0.15) is 0 Å². The highest BCUT2D eigenvalue weighted by Gasteiger charge is 2.19. The van der Waals surface area contributed by atoms with Crippen LogP contribution in [-0.4, -0.2) is 9.13 Å². The summed E-state index contributed by atoms with van der Waals surface area (Å²) in [5.74, 6) is 0. The Morgan fingerprint density at radius 3 is 1.77 bits per heavy atom. The Bertz CT molecular complexity index is 3260. The molecule has 0 radical (unpaired) electrons. The molecule has 0 bridgehead atoms. The van der Waals surface area contributed by atoms with Gasteiger partial charge in [0.1, 0.15) is 0 Å². The quantitative estimate of drug-likeness (QED) is 0.198. The van der Waals surface area contributed by atoms with Gasteiger partial charge in [-0.1, -0.05) is 121 Å². The molecule has 9 rings (SSSR count). The van der Waals surface area contributed by atoms with Crippen LogP contribution in [0.3, 0.4) is 0 Å². The van der Waals surface area contributed by atoms with Crippen LogP contribution in [0.15, 0.2) is 170 Å². The van der Waals surface area contributed by atoms with E-state index in [1.54, 1.807) is 48.5 Å². The summed E-state index contributed by atoms with van der Waals surface area (Å²) in [6.07, 6.45) is 0. The smallest absolute Gasteiger partial charge is 0.0652 e. The van der Waals surface area contributed by atoms with Gasteiger partial charge in [-0.05, 0) is 70.6 Å². The number of hydrogen-bond acceptors (Lipinski definition) is 0. The highest BCUT2D eigenvalue weighted by Crippen LogP contribution is 2.42. The van der Waals surface area contributed by atoms with E-state index in [1.165, 1.54) is 4.57 Å². The van der Waals surface area contributed by atoms with Crippen molar-refractivity contribution in [1.82, 2.24) is 9.13 Å². The third-order valence-electron chi connectivity index (χ3n) is 7.88. The Balaban J connectivity index is 1.57. The number of rotatable bonds is 4. The molecule has 0 unspecified atom stereocenters. The monoisotopic (exact) mass is 574 g/mol. The predicted octanol–water partition coefficient (Wildman–Crippen LogP) is 11.2. The van der Waals surface area contributed by atoms with Crippen molar-refractivity contribution < 1.29 is 19.2 Å². The minimum atomic E-state index is -0.656. The van der Waals surface area contributed by atoms with E-state index in [4.69, 9.17) is 9.60 Å². The number of fused-ring (bicyclic) bond motifs is 6. The maximum atomic E-state index is 9.88. The van der Waals surface area contributed by atoms with Crippen LogP contribution in [-0.2, 0) is 0 Å². The van der Waals surface area contributed by atoms with Crippen LogP contribution in [0.1, 0.15) is 19.2 Å². The van der Waals surface area contributed by atoms with Gasteiger partial charge in [-0.25, -0.2) is 0 Å². The first-order valence-electron chi connectivity index (χ1n) is 21.0. The first-order valence-corrected chi connectivity index (χ1v) is 14.0. The molecule has 0 saturated heterocycles. The number of hydrogen-bond donors (Lipinski definition) is 0. The summed E-state index contributed by atoms with van der Waals surface area (Å²) < 4.78 is 130. The third-order valence-corrected chi connectivity index (χ3v) is 7.88. The van der Waals surface area contributed by atoms with Gasteiger partial charge >= 0.3 is 0 Å².